The Labute approximate surface area is 187 Å². The summed E-state index contributed by atoms with van der Waals surface area (Å²) >= 11 is 0. The highest BCUT2D eigenvalue weighted by molar-refractivity contribution is 5.74. The molecule has 2 aromatic heterocycles. The molecule has 0 atom stereocenters. The maximum atomic E-state index is 11.2. The average Bonchev–Trinajstić information content (AvgIpc) is 3.29. The molecule has 0 unspecified atom stereocenters. The third kappa shape index (κ3) is 4.54. The molecule has 4 rings (SSSR count). The number of carboxylic acids is 1. The molecule has 6 nitrogen and oxygen atoms in total. The Hall–Kier alpha value is -3.93. The third-order valence-corrected chi connectivity index (χ3v) is 5.38. The highest BCUT2D eigenvalue weighted by atomic mass is 16.5. The lowest BCUT2D eigenvalue weighted by atomic mass is 9.95. The molecule has 0 saturated heterocycles. The van der Waals surface area contributed by atoms with Crippen LogP contribution in [0.15, 0.2) is 73.1 Å². The largest absolute Gasteiger partial charge is 0.481 e. The lowest BCUT2D eigenvalue weighted by Crippen LogP contribution is -2.30. The fourth-order valence-corrected chi connectivity index (χ4v) is 3.27. The van der Waals surface area contributed by atoms with Gasteiger partial charge in [0.15, 0.2) is 0 Å². The van der Waals surface area contributed by atoms with Gasteiger partial charge in [-0.05, 0) is 37.5 Å². The second kappa shape index (κ2) is 8.67. The van der Waals surface area contributed by atoms with E-state index < -0.39 is 11.4 Å². The summed E-state index contributed by atoms with van der Waals surface area (Å²) in [6, 6.07) is 20.1. The van der Waals surface area contributed by atoms with E-state index in [4.69, 9.17) is 4.74 Å². The fraction of sp³-hybridized carbons (Fsp3) is 0.192. The van der Waals surface area contributed by atoms with Crippen molar-refractivity contribution in [2.24, 2.45) is 5.41 Å². The molecule has 0 aliphatic rings. The van der Waals surface area contributed by atoms with E-state index >= 15 is 0 Å². The van der Waals surface area contributed by atoms with Crippen molar-refractivity contribution in [3.63, 3.8) is 0 Å². The van der Waals surface area contributed by atoms with Crippen molar-refractivity contribution in [3.8, 4) is 39.7 Å². The Balaban J connectivity index is 1.50. The number of nitrogens with zero attached hydrogens (tertiary/aromatic N) is 2. The van der Waals surface area contributed by atoms with Crippen LogP contribution in [0.1, 0.15) is 19.4 Å². The molecule has 32 heavy (non-hydrogen) atoms. The predicted molar refractivity (Wildman–Crippen MR) is 124 cm³/mol. The zero-order chi connectivity index (χ0) is 22.7. The minimum absolute atomic E-state index is 0.0525. The van der Waals surface area contributed by atoms with E-state index in [2.05, 4.69) is 15.0 Å². The number of H-pyrrole nitrogens is 1. The Kier molecular flexibility index (Phi) is 5.77. The summed E-state index contributed by atoms with van der Waals surface area (Å²) in [7, 11) is 0. The van der Waals surface area contributed by atoms with Crippen LogP contribution < -0.4 is 4.74 Å². The van der Waals surface area contributed by atoms with Crippen LogP contribution in [0.4, 0.5) is 0 Å². The molecule has 2 aromatic carbocycles. The van der Waals surface area contributed by atoms with Gasteiger partial charge in [0, 0.05) is 23.4 Å². The lowest BCUT2D eigenvalue weighted by molar-refractivity contribution is -0.148. The zero-order valence-corrected chi connectivity index (χ0v) is 18.3. The van der Waals surface area contributed by atoms with Gasteiger partial charge in [0.1, 0.15) is 12.4 Å². The van der Waals surface area contributed by atoms with E-state index in [1.54, 1.807) is 20.0 Å². The van der Waals surface area contributed by atoms with Gasteiger partial charge < -0.3 is 14.8 Å². The van der Waals surface area contributed by atoms with Crippen LogP contribution in [-0.2, 0) is 4.79 Å². The Morgan fingerprint density at radius 2 is 1.66 bits per heavy atom. The number of imidazole rings is 1. The standard InChI is InChI=1S/C26H25N3O3/c1-17-13-23(32-16-26(2,3)25(30)31)27-14-21(17)18-9-11-20(12-10-18)24-28-15-22(29-24)19-7-5-4-6-8-19/h4-15H,16H2,1-3H3,(H,28,29)(H,30,31). The monoisotopic (exact) mass is 427 g/mol. The SMILES string of the molecule is Cc1cc(OCC(C)(C)C(=O)O)ncc1-c1ccc(-c2ncc(-c3ccccc3)[nH]2)cc1. The molecule has 0 radical (unpaired) electrons. The summed E-state index contributed by atoms with van der Waals surface area (Å²) in [6.07, 6.45) is 3.60. The van der Waals surface area contributed by atoms with E-state index in [-0.39, 0.29) is 6.61 Å². The van der Waals surface area contributed by atoms with Gasteiger partial charge >= 0.3 is 5.97 Å². The van der Waals surface area contributed by atoms with Crippen molar-refractivity contribution in [3.05, 3.63) is 78.6 Å². The number of carbonyl (C=O) groups is 1. The second-order valence-corrected chi connectivity index (χ2v) is 8.40. The number of pyridine rings is 1. The molecule has 6 heteroatoms. The van der Waals surface area contributed by atoms with Crippen molar-refractivity contribution in [2.45, 2.75) is 20.8 Å². The molecular formula is C26H25N3O3. The van der Waals surface area contributed by atoms with Crippen LogP contribution in [0, 0.1) is 12.3 Å². The number of aromatic amines is 1. The highest BCUT2D eigenvalue weighted by Gasteiger charge is 2.28. The van der Waals surface area contributed by atoms with Crippen LogP contribution in [0.25, 0.3) is 33.8 Å². The molecule has 0 spiro atoms. The van der Waals surface area contributed by atoms with E-state index in [0.29, 0.717) is 5.88 Å². The molecule has 0 aliphatic heterocycles. The van der Waals surface area contributed by atoms with E-state index in [1.165, 1.54) is 0 Å². The zero-order valence-electron chi connectivity index (χ0n) is 18.3. The van der Waals surface area contributed by atoms with Crippen molar-refractivity contribution in [2.75, 3.05) is 6.61 Å². The molecule has 2 N–H and O–H groups in total. The van der Waals surface area contributed by atoms with Crippen LogP contribution in [-0.4, -0.2) is 32.6 Å². The first-order valence-electron chi connectivity index (χ1n) is 10.4. The van der Waals surface area contributed by atoms with Gasteiger partial charge in [-0.15, -0.1) is 0 Å². The van der Waals surface area contributed by atoms with Crippen molar-refractivity contribution >= 4 is 5.97 Å². The minimum Gasteiger partial charge on any atom is -0.481 e. The number of hydrogen-bond donors (Lipinski definition) is 2. The number of aromatic nitrogens is 3. The van der Waals surface area contributed by atoms with E-state index in [0.717, 1.165) is 39.3 Å². The third-order valence-electron chi connectivity index (χ3n) is 5.38. The second-order valence-electron chi connectivity index (χ2n) is 8.40. The van der Waals surface area contributed by atoms with Gasteiger partial charge in [-0.1, -0.05) is 54.6 Å². The number of nitrogens with one attached hydrogen (secondary N) is 1. The lowest BCUT2D eigenvalue weighted by Gasteiger charge is -2.19. The Bertz CT molecular complexity index is 1230. The van der Waals surface area contributed by atoms with Crippen LogP contribution >= 0.6 is 0 Å². The maximum Gasteiger partial charge on any atom is 0.312 e. The summed E-state index contributed by atoms with van der Waals surface area (Å²) in [5, 5.41) is 9.22. The maximum absolute atomic E-state index is 11.2. The molecule has 0 fully saturated rings. The number of aliphatic carboxylic acids is 1. The van der Waals surface area contributed by atoms with Gasteiger partial charge in [-0.25, -0.2) is 9.97 Å². The number of carboxylic acid groups (broad SMARTS) is 1. The topological polar surface area (TPSA) is 88.1 Å². The first-order chi connectivity index (χ1) is 15.3. The molecule has 0 aliphatic carbocycles. The summed E-state index contributed by atoms with van der Waals surface area (Å²) < 4.78 is 5.62. The van der Waals surface area contributed by atoms with Crippen molar-refractivity contribution < 1.29 is 14.6 Å². The predicted octanol–water partition coefficient (Wildman–Crippen LogP) is 5.60. The molecule has 2 heterocycles. The Morgan fingerprint density at radius 1 is 0.969 bits per heavy atom. The molecular weight excluding hydrogens is 402 g/mol. The Morgan fingerprint density at radius 3 is 2.31 bits per heavy atom. The molecule has 0 saturated carbocycles. The smallest absolute Gasteiger partial charge is 0.312 e. The molecule has 0 bridgehead atoms. The molecule has 4 aromatic rings. The summed E-state index contributed by atoms with van der Waals surface area (Å²) in [6.45, 7) is 5.29. The van der Waals surface area contributed by atoms with E-state index in [9.17, 15) is 9.90 Å². The first kappa shape index (κ1) is 21.3. The minimum atomic E-state index is -0.976. The van der Waals surface area contributed by atoms with Gasteiger partial charge in [-0.3, -0.25) is 4.79 Å². The summed E-state index contributed by atoms with van der Waals surface area (Å²) in [5.74, 6) is 0.328. The molecule has 0 amide bonds. The van der Waals surface area contributed by atoms with Gasteiger partial charge in [0.25, 0.3) is 0 Å². The van der Waals surface area contributed by atoms with Gasteiger partial charge in [0.2, 0.25) is 5.88 Å². The first-order valence-corrected chi connectivity index (χ1v) is 10.4. The van der Waals surface area contributed by atoms with Gasteiger partial charge in [-0.2, -0.15) is 0 Å². The number of aryl methyl sites for hydroxylation is 1. The summed E-state index contributed by atoms with van der Waals surface area (Å²) in [4.78, 5) is 23.5. The quantitative estimate of drug-likeness (QED) is 0.401. The number of benzene rings is 2. The highest BCUT2D eigenvalue weighted by Crippen LogP contribution is 2.29. The summed E-state index contributed by atoms with van der Waals surface area (Å²) in [5.41, 5.74) is 5.12. The fourth-order valence-electron chi connectivity index (χ4n) is 3.27. The van der Waals surface area contributed by atoms with Crippen molar-refractivity contribution in [1.29, 1.82) is 0 Å². The van der Waals surface area contributed by atoms with E-state index in [1.807, 2.05) is 73.8 Å². The van der Waals surface area contributed by atoms with Crippen LogP contribution in [0.5, 0.6) is 5.88 Å². The number of rotatable bonds is 7. The molecule has 162 valence electrons. The van der Waals surface area contributed by atoms with Gasteiger partial charge in [0.05, 0.1) is 17.3 Å². The number of ether oxygens (including phenoxy) is 1. The van der Waals surface area contributed by atoms with Crippen molar-refractivity contribution in [1.82, 2.24) is 15.0 Å². The van der Waals surface area contributed by atoms with Crippen LogP contribution in [0.3, 0.4) is 0 Å². The average molecular weight is 428 g/mol. The normalized spacial score (nSPS) is 11.3. The van der Waals surface area contributed by atoms with Crippen LogP contribution in [0.2, 0.25) is 0 Å². The number of hydrogen-bond acceptors (Lipinski definition) is 4.